The summed E-state index contributed by atoms with van der Waals surface area (Å²) in [5.74, 6) is 0.376. The van der Waals surface area contributed by atoms with Gasteiger partial charge in [0.25, 0.3) is 0 Å². The molecule has 172 valence electrons. The molecule has 0 spiro atoms. The van der Waals surface area contributed by atoms with Crippen molar-refractivity contribution in [1.82, 2.24) is 20.4 Å². The molecule has 2 aliphatic rings. The van der Waals surface area contributed by atoms with Gasteiger partial charge >= 0.3 is 0 Å². The van der Waals surface area contributed by atoms with Crippen molar-refractivity contribution >= 4 is 30.7 Å². The number of carbonyl (C=O) groups is 1. The fourth-order valence-corrected chi connectivity index (χ4v) is 4.03. The molecule has 3 rings (SSSR count). The van der Waals surface area contributed by atoms with Crippen molar-refractivity contribution in [2.45, 2.75) is 26.0 Å². The lowest BCUT2D eigenvalue weighted by molar-refractivity contribution is -0.124. The number of morpholine rings is 1. The Hall–Kier alpha value is -0.960. The molecule has 2 saturated heterocycles. The van der Waals surface area contributed by atoms with E-state index in [1.54, 1.807) is 12.1 Å². The Morgan fingerprint density at radius 1 is 1.33 bits per heavy atom. The van der Waals surface area contributed by atoms with Crippen molar-refractivity contribution in [3.05, 3.63) is 35.6 Å². The first-order valence-electron chi connectivity index (χ1n) is 10.3. The van der Waals surface area contributed by atoms with Crippen LogP contribution >= 0.6 is 24.8 Å². The van der Waals surface area contributed by atoms with E-state index < -0.39 is 0 Å². The first-order chi connectivity index (χ1) is 13.5. The van der Waals surface area contributed by atoms with Crippen molar-refractivity contribution in [3.63, 3.8) is 0 Å². The molecule has 9 heteroatoms. The van der Waals surface area contributed by atoms with E-state index in [-0.39, 0.29) is 48.7 Å². The molecule has 0 aromatic heterocycles. The highest BCUT2D eigenvalue weighted by molar-refractivity contribution is 5.85. The lowest BCUT2D eigenvalue weighted by atomic mass is 10.0. The van der Waals surface area contributed by atoms with Gasteiger partial charge in [-0.05, 0) is 23.6 Å². The van der Waals surface area contributed by atoms with Crippen molar-refractivity contribution < 1.29 is 13.9 Å². The highest BCUT2D eigenvalue weighted by Gasteiger charge is 2.26. The summed E-state index contributed by atoms with van der Waals surface area (Å²) in [6.07, 6.45) is 0.0403. The maximum absolute atomic E-state index is 13.6. The van der Waals surface area contributed by atoms with Gasteiger partial charge in [0.1, 0.15) is 5.82 Å². The number of nitrogens with zero attached hydrogens (tertiary/aromatic N) is 2. The van der Waals surface area contributed by atoms with Crippen LogP contribution < -0.4 is 10.6 Å². The molecule has 1 aromatic rings. The maximum atomic E-state index is 13.6. The second-order valence-corrected chi connectivity index (χ2v) is 8.20. The van der Waals surface area contributed by atoms with Crippen LogP contribution in [0.3, 0.4) is 0 Å². The van der Waals surface area contributed by atoms with Crippen LogP contribution in [0.4, 0.5) is 4.39 Å². The van der Waals surface area contributed by atoms with Crippen LogP contribution in [-0.4, -0.2) is 80.8 Å². The third-order valence-corrected chi connectivity index (χ3v) is 5.31. The quantitative estimate of drug-likeness (QED) is 0.646. The molecule has 2 unspecified atom stereocenters. The number of hydrogen-bond acceptors (Lipinski definition) is 5. The molecule has 2 aliphatic heterocycles. The topological polar surface area (TPSA) is 56.8 Å². The minimum Gasteiger partial charge on any atom is -0.374 e. The zero-order chi connectivity index (χ0) is 19.9. The normalized spacial score (nSPS) is 22.8. The molecule has 0 aliphatic carbocycles. The standard InChI is InChI=1S/C21H33FN4O2.2ClH/c1-16(2)13-25-8-9-28-19(14-25)11-24-21(27)15-26-7-6-23-12-20(26)17-4-3-5-18(22)10-17;;/h3-5,10,16,19-20,23H,6-9,11-15H2,1-2H3,(H,24,27);2*1H. The Morgan fingerprint density at radius 2 is 2.13 bits per heavy atom. The summed E-state index contributed by atoms with van der Waals surface area (Å²) >= 11 is 0. The average molecular weight is 465 g/mol. The minimum atomic E-state index is -0.243. The largest absolute Gasteiger partial charge is 0.374 e. The molecule has 1 amide bonds. The van der Waals surface area contributed by atoms with Crippen LogP contribution in [-0.2, 0) is 9.53 Å². The van der Waals surface area contributed by atoms with Gasteiger partial charge in [-0.3, -0.25) is 14.6 Å². The predicted molar refractivity (Wildman–Crippen MR) is 122 cm³/mol. The van der Waals surface area contributed by atoms with E-state index in [1.165, 1.54) is 6.07 Å². The van der Waals surface area contributed by atoms with Crippen LogP contribution in [0, 0.1) is 11.7 Å². The third-order valence-electron chi connectivity index (χ3n) is 5.31. The van der Waals surface area contributed by atoms with Gasteiger partial charge in [-0.2, -0.15) is 0 Å². The number of benzene rings is 1. The van der Waals surface area contributed by atoms with Gasteiger partial charge in [0.2, 0.25) is 5.91 Å². The number of amides is 1. The molecule has 0 bridgehead atoms. The van der Waals surface area contributed by atoms with E-state index in [2.05, 4.69) is 34.3 Å². The molecule has 0 radical (unpaired) electrons. The summed E-state index contributed by atoms with van der Waals surface area (Å²) in [6, 6.07) is 6.65. The van der Waals surface area contributed by atoms with E-state index in [9.17, 15) is 9.18 Å². The van der Waals surface area contributed by atoms with Gasteiger partial charge in [0, 0.05) is 51.9 Å². The molecular weight excluding hydrogens is 430 g/mol. The summed E-state index contributed by atoms with van der Waals surface area (Å²) in [5.41, 5.74) is 0.903. The number of piperazine rings is 1. The SMILES string of the molecule is CC(C)CN1CCOC(CNC(=O)CN2CCNCC2c2cccc(F)c2)C1.Cl.Cl. The van der Waals surface area contributed by atoms with Crippen molar-refractivity contribution in [2.75, 3.05) is 59.0 Å². The fourth-order valence-electron chi connectivity index (χ4n) is 4.03. The van der Waals surface area contributed by atoms with Gasteiger partial charge in [-0.1, -0.05) is 26.0 Å². The van der Waals surface area contributed by atoms with Crippen molar-refractivity contribution in [2.24, 2.45) is 5.92 Å². The first-order valence-corrected chi connectivity index (χ1v) is 10.3. The van der Waals surface area contributed by atoms with Crippen LogP contribution in [0.2, 0.25) is 0 Å². The van der Waals surface area contributed by atoms with Crippen LogP contribution in [0.1, 0.15) is 25.5 Å². The molecule has 2 N–H and O–H groups in total. The summed E-state index contributed by atoms with van der Waals surface area (Å²) in [5, 5.41) is 6.37. The number of ether oxygens (including phenoxy) is 1. The van der Waals surface area contributed by atoms with E-state index in [0.717, 1.165) is 38.3 Å². The van der Waals surface area contributed by atoms with Crippen molar-refractivity contribution in [3.8, 4) is 0 Å². The molecule has 1 aromatic carbocycles. The summed E-state index contributed by atoms with van der Waals surface area (Å²) in [4.78, 5) is 17.1. The van der Waals surface area contributed by atoms with Gasteiger partial charge in [0.05, 0.1) is 19.3 Å². The smallest absolute Gasteiger partial charge is 0.234 e. The average Bonchev–Trinajstić information content (AvgIpc) is 2.67. The molecular formula is C21H35Cl2FN4O2. The van der Waals surface area contributed by atoms with E-state index >= 15 is 0 Å². The number of halogens is 3. The molecule has 30 heavy (non-hydrogen) atoms. The Labute approximate surface area is 191 Å². The van der Waals surface area contributed by atoms with Crippen LogP contribution in [0.5, 0.6) is 0 Å². The number of hydrogen-bond donors (Lipinski definition) is 2. The predicted octanol–water partition coefficient (Wildman–Crippen LogP) is 2.09. The summed E-state index contributed by atoms with van der Waals surface area (Å²) in [6.45, 7) is 11.2. The molecule has 2 heterocycles. The lowest BCUT2D eigenvalue weighted by Crippen LogP contribution is -2.52. The molecule has 6 nitrogen and oxygen atoms in total. The second kappa shape index (κ2) is 13.5. The van der Waals surface area contributed by atoms with Gasteiger partial charge in [-0.15, -0.1) is 24.8 Å². The lowest BCUT2D eigenvalue weighted by Gasteiger charge is -2.36. The van der Waals surface area contributed by atoms with Crippen LogP contribution in [0.25, 0.3) is 0 Å². The third kappa shape index (κ3) is 8.29. The van der Waals surface area contributed by atoms with E-state index in [1.807, 2.05) is 6.07 Å². The van der Waals surface area contributed by atoms with Gasteiger partial charge < -0.3 is 15.4 Å². The molecule has 0 saturated carbocycles. The highest BCUT2D eigenvalue weighted by Crippen LogP contribution is 2.22. The van der Waals surface area contributed by atoms with Gasteiger partial charge in [0.15, 0.2) is 0 Å². The highest BCUT2D eigenvalue weighted by atomic mass is 35.5. The zero-order valence-corrected chi connectivity index (χ0v) is 19.4. The first kappa shape index (κ1) is 27.1. The Balaban J connectivity index is 0.00000225. The maximum Gasteiger partial charge on any atom is 0.234 e. The molecule has 2 atom stereocenters. The Morgan fingerprint density at radius 3 is 2.87 bits per heavy atom. The monoisotopic (exact) mass is 464 g/mol. The van der Waals surface area contributed by atoms with Crippen LogP contribution in [0.15, 0.2) is 24.3 Å². The number of nitrogens with one attached hydrogen (secondary N) is 2. The summed E-state index contributed by atoms with van der Waals surface area (Å²) in [7, 11) is 0. The Bertz CT molecular complexity index is 653. The zero-order valence-electron chi connectivity index (χ0n) is 17.8. The fraction of sp³-hybridized carbons (Fsp3) is 0.667. The summed E-state index contributed by atoms with van der Waals surface area (Å²) < 4.78 is 19.4. The second-order valence-electron chi connectivity index (χ2n) is 8.20. The van der Waals surface area contributed by atoms with Crippen molar-refractivity contribution in [1.29, 1.82) is 0 Å². The number of carbonyl (C=O) groups excluding carboxylic acids is 1. The Kier molecular flexibility index (Phi) is 12.1. The minimum absolute atomic E-state index is 0. The van der Waals surface area contributed by atoms with Gasteiger partial charge in [-0.25, -0.2) is 4.39 Å². The van der Waals surface area contributed by atoms with E-state index in [0.29, 0.717) is 32.2 Å². The molecule has 2 fully saturated rings. The number of rotatable bonds is 7. The van der Waals surface area contributed by atoms with E-state index in [4.69, 9.17) is 4.74 Å².